The molecule has 2 aromatic carbocycles. The molecule has 12 heteroatoms. The van der Waals surface area contributed by atoms with E-state index in [1.54, 1.807) is 24.3 Å². The maximum absolute atomic E-state index is 13.6. The number of nitrogens with zero attached hydrogens (tertiary/aromatic N) is 3. The van der Waals surface area contributed by atoms with E-state index in [1.165, 1.54) is 4.57 Å². The molecule has 0 saturated heterocycles. The highest BCUT2D eigenvalue weighted by Crippen LogP contribution is 2.41. The summed E-state index contributed by atoms with van der Waals surface area (Å²) in [7, 11) is 0. The fourth-order valence-corrected chi connectivity index (χ4v) is 4.47. The highest BCUT2D eigenvalue weighted by atomic mass is 19.4. The Bertz CT molecular complexity index is 1270. The van der Waals surface area contributed by atoms with Crippen LogP contribution in [-0.4, -0.2) is 39.3 Å². The van der Waals surface area contributed by atoms with Crippen LogP contribution >= 0.6 is 0 Å². The number of alkyl halides is 6. The molecular formula is C25H22F6N4O2. The van der Waals surface area contributed by atoms with Crippen molar-refractivity contribution in [2.24, 2.45) is 5.92 Å². The van der Waals surface area contributed by atoms with Crippen LogP contribution in [0.15, 0.2) is 65.5 Å². The highest BCUT2D eigenvalue weighted by molar-refractivity contribution is 5.77. The van der Waals surface area contributed by atoms with E-state index in [1.807, 2.05) is 36.4 Å². The maximum atomic E-state index is 13.6. The van der Waals surface area contributed by atoms with Crippen LogP contribution in [0.5, 0.6) is 0 Å². The van der Waals surface area contributed by atoms with Crippen molar-refractivity contribution in [3.05, 3.63) is 93.4 Å². The van der Waals surface area contributed by atoms with E-state index in [0.717, 1.165) is 16.0 Å². The quantitative estimate of drug-likeness (QED) is 0.500. The highest BCUT2D eigenvalue weighted by Gasteiger charge is 2.57. The fraction of sp³-hybridized carbons (Fsp3) is 0.320. The Morgan fingerprint density at radius 2 is 1.43 bits per heavy atom. The van der Waals surface area contributed by atoms with Crippen molar-refractivity contribution in [2.75, 3.05) is 12.3 Å². The van der Waals surface area contributed by atoms with Gasteiger partial charge in [-0.15, -0.1) is 0 Å². The number of halogens is 6. The number of fused-ring (bicyclic) bond motifs is 1. The lowest BCUT2D eigenvalue weighted by atomic mass is 9.97. The maximum Gasteiger partial charge on any atom is 0.400 e. The molecule has 0 saturated carbocycles. The van der Waals surface area contributed by atoms with Gasteiger partial charge in [0, 0.05) is 18.5 Å². The minimum absolute atomic E-state index is 0.0498. The average Bonchev–Trinajstić information content (AvgIpc) is 2.84. The van der Waals surface area contributed by atoms with Crippen LogP contribution in [0.3, 0.4) is 0 Å². The zero-order chi connectivity index (χ0) is 27.0. The predicted molar refractivity (Wildman–Crippen MR) is 122 cm³/mol. The molecule has 37 heavy (non-hydrogen) atoms. The van der Waals surface area contributed by atoms with Gasteiger partial charge in [0.1, 0.15) is 0 Å². The lowest BCUT2D eigenvalue weighted by Crippen LogP contribution is -2.45. The van der Waals surface area contributed by atoms with Crippen molar-refractivity contribution in [2.45, 2.75) is 37.8 Å². The van der Waals surface area contributed by atoms with Crippen LogP contribution in [0.2, 0.25) is 0 Å². The number of carbonyl (C=O) groups is 1. The monoisotopic (exact) mass is 524 g/mol. The van der Waals surface area contributed by atoms with Crippen LogP contribution in [0, 0.1) is 5.92 Å². The molecule has 0 unspecified atom stereocenters. The molecule has 1 amide bonds. The molecule has 4 rings (SSSR count). The number of anilines is 1. The van der Waals surface area contributed by atoms with Crippen molar-refractivity contribution in [3.8, 4) is 0 Å². The summed E-state index contributed by atoms with van der Waals surface area (Å²) < 4.78 is 78.9. The molecular weight excluding hydrogens is 502 g/mol. The second-order valence-electron chi connectivity index (χ2n) is 8.70. The number of benzene rings is 2. The van der Waals surface area contributed by atoms with Gasteiger partial charge in [-0.2, -0.15) is 26.3 Å². The first-order chi connectivity index (χ1) is 17.4. The van der Waals surface area contributed by atoms with E-state index in [2.05, 4.69) is 4.98 Å². The van der Waals surface area contributed by atoms with Gasteiger partial charge in [0.05, 0.1) is 18.3 Å². The first-order valence-corrected chi connectivity index (χ1v) is 11.3. The van der Waals surface area contributed by atoms with Crippen LogP contribution in [0.1, 0.15) is 34.8 Å². The van der Waals surface area contributed by atoms with E-state index in [9.17, 15) is 35.9 Å². The Labute approximate surface area is 207 Å². The Hall–Kier alpha value is -3.83. The number of rotatable bonds is 5. The molecule has 0 fully saturated rings. The average molecular weight is 524 g/mol. The van der Waals surface area contributed by atoms with Gasteiger partial charge in [-0.05, 0) is 17.5 Å². The minimum atomic E-state index is -5.62. The Morgan fingerprint density at radius 3 is 1.92 bits per heavy atom. The number of amides is 1. The smallest absolute Gasteiger partial charge is 0.369 e. The molecule has 0 radical (unpaired) electrons. The van der Waals surface area contributed by atoms with Crippen molar-refractivity contribution in [1.29, 1.82) is 0 Å². The summed E-state index contributed by atoms with van der Waals surface area (Å²) in [4.78, 5) is 31.1. The van der Waals surface area contributed by atoms with E-state index in [-0.39, 0.29) is 30.2 Å². The lowest BCUT2D eigenvalue weighted by Gasteiger charge is -2.31. The van der Waals surface area contributed by atoms with Gasteiger partial charge in [-0.3, -0.25) is 14.2 Å². The third kappa shape index (κ3) is 5.47. The standard InChI is InChI=1S/C25H22F6N4O2/c26-24(27,28)19(25(29,30)31)13-20(36)34-12-11-17-18(14-34)33-23(32)35(22(17)37)21(15-7-3-1-4-8-15)16-9-5-2-6-10-16/h1-10,19,21H,11-14H2,(H2,32,33). The van der Waals surface area contributed by atoms with E-state index < -0.39 is 48.7 Å². The normalized spacial score (nSPS) is 14.2. The summed E-state index contributed by atoms with van der Waals surface area (Å²) in [6, 6.07) is 17.5. The summed E-state index contributed by atoms with van der Waals surface area (Å²) in [6.07, 6.45) is -13.1. The second kappa shape index (κ2) is 9.91. The summed E-state index contributed by atoms with van der Waals surface area (Å²) >= 11 is 0. The van der Waals surface area contributed by atoms with Gasteiger partial charge in [0.2, 0.25) is 11.9 Å². The molecule has 0 aliphatic carbocycles. The van der Waals surface area contributed by atoms with Crippen LogP contribution < -0.4 is 11.3 Å². The predicted octanol–water partition coefficient (Wildman–Crippen LogP) is 4.48. The molecule has 0 atom stereocenters. The van der Waals surface area contributed by atoms with E-state index in [4.69, 9.17) is 5.73 Å². The van der Waals surface area contributed by atoms with Crippen LogP contribution in [0.25, 0.3) is 0 Å². The van der Waals surface area contributed by atoms with E-state index >= 15 is 0 Å². The van der Waals surface area contributed by atoms with Crippen molar-refractivity contribution < 1.29 is 31.1 Å². The molecule has 2 N–H and O–H groups in total. The summed E-state index contributed by atoms with van der Waals surface area (Å²) in [5, 5.41) is 0. The van der Waals surface area contributed by atoms with Crippen molar-refractivity contribution in [3.63, 3.8) is 0 Å². The van der Waals surface area contributed by atoms with Crippen molar-refractivity contribution in [1.82, 2.24) is 14.5 Å². The van der Waals surface area contributed by atoms with Gasteiger partial charge in [0.25, 0.3) is 5.56 Å². The number of nitrogen functional groups attached to an aromatic ring is 1. The number of carbonyl (C=O) groups excluding carboxylic acids is 1. The molecule has 1 aliphatic rings. The Morgan fingerprint density at radius 1 is 0.919 bits per heavy atom. The summed E-state index contributed by atoms with van der Waals surface area (Å²) in [6.45, 7) is -0.644. The number of hydrogen-bond donors (Lipinski definition) is 1. The van der Waals surface area contributed by atoms with Gasteiger partial charge in [-0.25, -0.2) is 4.98 Å². The minimum Gasteiger partial charge on any atom is -0.369 e. The third-order valence-corrected chi connectivity index (χ3v) is 6.30. The zero-order valence-electron chi connectivity index (χ0n) is 19.3. The molecule has 0 bridgehead atoms. The second-order valence-corrected chi connectivity index (χ2v) is 8.70. The Balaban J connectivity index is 1.68. The fourth-order valence-electron chi connectivity index (χ4n) is 4.47. The molecule has 3 aromatic rings. The Kier molecular flexibility index (Phi) is 7.03. The van der Waals surface area contributed by atoms with Gasteiger partial charge >= 0.3 is 12.4 Å². The number of hydrogen-bond acceptors (Lipinski definition) is 4. The third-order valence-electron chi connectivity index (χ3n) is 6.30. The topological polar surface area (TPSA) is 81.2 Å². The summed E-state index contributed by atoms with van der Waals surface area (Å²) in [5.74, 6) is -5.31. The van der Waals surface area contributed by atoms with Gasteiger partial charge < -0.3 is 10.6 Å². The molecule has 1 aromatic heterocycles. The van der Waals surface area contributed by atoms with Crippen molar-refractivity contribution >= 4 is 11.9 Å². The number of aromatic nitrogens is 2. The first kappa shape index (κ1) is 26.2. The lowest BCUT2D eigenvalue weighted by molar-refractivity contribution is -0.284. The van der Waals surface area contributed by atoms with Gasteiger partial charge in [-0.1, -0.05) is 60.7 Å². The van der Waals surface area contributed by atoms with Crippen LogP contribution in [0.4, 0.5) is 32.3 Å². The largest absolute Gasteiger partial charge is 0.400 e. The molecule has 6 nitrogen and oxygen atoms in total. The number of nitrogens with two attached hydrogens (primary N) is 1. The van der Waals surface area contributed by atoms with E-state index in [0.29, 0.717) is 0 Å². The molecule has 196 valence electrons. The molecule has 0 spiro atoms. The SMILES string of the molecule is Nc1nc2c(c(=O)n1C(c1ccccc1)c1ccccc1)CCN(C(=O)CC(C(F)(F)F)C(F)(F)F)C2. The molecule has 1 aliphatic heterocycles. The summed E-state index contributed by atoms with van der Waals surface area (Å²) in [5.41, 5.74) is 7.46. The zero-order valence-corrected chi connectivity index (χ0v) is 19.3. The first-order valence-electron chi connectivity index (χ1n) is 11.3. The van der Waals surface area contributed by atoms with Crippen LogP contribution in [-0.2, 0) is 17.8 Å². The van der Waals surface area contributed by atoms with Gasteiger partial charge in [0.15, 0.2) is 5.92 Å². The molecule has 2 heterocycles.